The van der Waals surface area contributed by atoms with Crippen LogP contribution in [0.5, 0.6) is 0 Å². The van der Waals surface area contributed by atoms with Crippen LogP contribution in [0.25, 0.3) is 0 Å². The lowest BCUT2D eigenvalue weighted by Crippen LogP contribution is -2.30. The molecule has 1 aliphatic rings. The van der Waals surface area contributed by atoms with Crippen molar-refractivity contribution in [3.05, 3.63) is 59.1 Å². The van der Waals surface area contributed by atoms with E-state index in [1.165, 1.54) is 0 Å². The van der Waals surface area contributed by atoms with E-state index in [9.17, 15) is 9.59 Å². The molecule has 5 heteroatoms. The molecule has 1 heterocycles. The topological polar surface area (TPSA) is 49.4 Å². The van der Waals surface area contributed by atoms with E-state index in [0.29, 0.717) is 17.3 Å². The zero-order chi connectivity index (χ0) is 18.9. The number of amides is 2. The fraction of sp³-hybridized carbons (Fsp3) is 0.333. The molecule has 1 atom stereocenters. The van der Waals surface area contributed by atoms with Crippen LogP contribution in [0.1, 0.15) is 32.8 Å². The van der Waals surface area contributed by atoms with Gasteiger partial charge >= 0.3 is 0 Å². The van der Waals surface area contributed by atoms with E-state index in [1.807, 2.05) is 36.4 Å². The maximum absolute atomic E-state index is 12.6. The fourth-order valence-corrected chi connectivity index (χ4v) is 3.44. The third-order valence-electron chi connectivity index (χ3n) is 4.63. The average molecular weight is 371 g/mol. The molecule has 0 radical (unpaired) electrons. The van der Waals surface area contributed by atoms with Gasteiger partial charge in [0, 0.05) is 18.7 Å². The first-order chi connectivity index (χ1) is 12.3. The summed E-state index contributed by atoms with van der Waals surface area (Å²) >= 11 is 6.11. The number of nitrogens with one attached hydrogen (secondary N) is 1. The molecular weight excluding hydrogens is 348 g/mol. The minimum atomic E-state index is -0.396. The molecule has 1 saturated heterocycles. The summed E-state index contributed by atoms with van der Waals surface area (Å²) in [5, 5.41) is 3.33. The van der Waals surface area contributed by atoms with Crippen LogP contribution >= 0.6 is 11.6 Å². The van der Waals surface area contributed by atoms with Crippen LogP contribution in [0.4, 0.5) is 11.4 Å². The van der Waals surface area contributed by atoms with Gasteiger partial charge in [0.15, 0.2) is 0 Å². The van der Waals surface area contributed by atoms with Crippen LogP contribution in [0.15, 0.2) is 48.5 Å². The molecule has 0 spiro atoms. The van der Waals surface area contributed by atoms with Gasteiger partial charge in [0.2, 0.25) is 11.8 Å². The third-order valence-corrected chi connectivity index (χ3v) is 4.96. The maximum atomic E-state index is 12.6. The van der Waals surface area contributed by atoms with E-state index in [1.54, 1.807) is 17.0 Å². The van der Waals surface area contributed by atoms with E-state index in [0.717, 1.165) is 11.3 Å². The summed E-state index contributed by atoms with van der Waals surface area (Å²) in [6.07, 6.45) is 0.203. The second-order valence-corrected chi connectivity index (χ2v) is 8.05. The van der Waals surface area contributed by atoms with Crippen LogP contribution in [0.3, 0.4) is 0 Å². The van der Waals surface area contributed by atoms with Crippen LogP contribution < -0.4 is 10.2 Å². The standard InChI is InChI=1S/C21H23ClN2O2/c1-21(2,3)15-8-4-7-11-18(15)24-13-14(12-19(24)25)20(26)23-17-10-6-5-9-16(17)22/h4-11,14H,12-13H2,1-3H3,(H,23,26). The molecule has 2 aromatic carbocycles. The van der Waals surface area contributed by atoms with Crippen molar-refractivity contribution in [3.8, 4) is 0 Å². The third kappa shape index (κ3) is 3.75. The van der Waals surface area contributed by atoms with Crippen molar-refractivity contribution in [1.82, 2.24) is 0 Å². The molecule has 0 saturated carbocycles. The summed E-state index contributed by atoms with van der Waals surface area (Å²) in [5.41, 5.74) is 2.47. The minimum Gasteiger partial charge on any atom is -0.324 e. The van der Waals surface area contributed by atoms with Gasteiger partial charge in [0.05, 0.1) is 16.6 Å². The Morgan fingerprint density at radius 3 is 2.46 bits per heavy atom. The SMILES string of the molecule is CC(C)(C)c1ccccc1N1CC(C(=O)Nc2ccccc2Cl)CC1=O. The smallest absolute Gasteiger partial charge is 0.229 e. The Bertz CT molecular complexity index is 842. The quantitative estimate of drug-likeness (QED) is 0.856. The number of hydrogen-bond acceptors (Lipinski definition) is 2. The van der Waals surface area contributed by atoms with Crippen molar-refractivity contribution in [3.63, 3.8) is 0 Å². The molecule has 4 nitrogen and oxygen atoms in total. The summed E-state index contributed by atoms with van der Waals surface area (Å²) < 4.78 is 0. The monoisotopic (exact) mass is 370 g/mol. The molecule has 0 aromatic heterocycles. The Morgan fingerprint density at radius 2 is 1.77 bits per heavy atom. The second-order valence-electron chi connectivity index (χ2n) is 7.64. The molecule has 2 amide bonds. The molecule has 1 aliphatic heterocycles. The van der Waals surface area contributed by atoms with Gasteiger partial charge in [-0.25, -0.2) is 0 Å². The highest BCUT2D eigenvalue weighted by molar-refractivity contribution is 6.33. The number of para-hydroxylation sites is 2. The molecule has 1 N–H and O–H groups in total. The van der Waals surface area contributed by atoms with Gasteiger partial charge < -0.3 is 10.2 Å². The van der Waals surface area contributed by atoms with Crippen molar-refractivity contribution in [2.45, 2.75) is 32.6 Å². The van der Waals surface area contributed by atoms with E-state index in [2.05, 4.69) is 26.1 Å². The summed E-state index contributed by atoms with van der Waals surface area (Å²) in [6, 6.07) is 15.0. The highest BCUT2D eigenvalue weighted by Crippen LogP contribution is 2.35. The summed E-state index contributed by atoms with van der Waals surface area (Å²) in [6.45, 7) is 6.73. The zero-order valence-electron chi connectivity index (χ0n) is 15.3. The summed E-state index contributed by atoms with van der Waals surface area (Å²) in [5.74, 6) is -0.602. The highest BCUT2D eigenvalue weighted by atomic mass is 35.5. The lowest BCUT2D eigenvalue weighted by Gasteiger charge is -2.27. The maximum Gasteiger partial charge on any atom is 0.229 e. The van der Waals surface area contributed by atoms with Gasteiger partial charge in [-0.3, -0.25) is 9.59 Å². The van der Waals surface area contributed by atoms with Crippen molar-refractivity contribution in [2.75, 3.05) is 16.8 Å². The number of anilines is 2. The predicted molar refractivity (Wildman–Crippen MR) is 106 cm³/mol. The van der Waals surface area contributed by atoms with Crippen LogP contribution in [-0.2, 0) is 15.0 Å². The fourth-order valence-electron chi connectivity index (χ4n) is 3.26. The predicted octanol–water partition coefficient (Wildman–Crippen LogP) is 4.63. The van der Waals surface area contributed by atoms with E-state index >= 15 is 0 Å². The van der Waals surface area contributed by atoms with Crippen molar-refractivity contribution >= 4 is 34.8 Å². The molecule has 0 bridgehead atoms. The van der Waals surface area contributed by atoms with Gasteiger partial charge in [-0.2, -0.15) is 0 Å². The van der Waals surface area contributed by atoms with Crippen molar-refractivity contribution < 1.29 is 9.59 Å². The molecule has 1 fully saturated rings. The van der Waals surface area contributed by atoms with Gasteiger partial charge in [-0.05, 0) is 29.2 Å². The van der Waals surface area contributed by atoms with Gasteiger partial charge in [-0.15, -0.1) is 0 Å². The van der Waals surface area contributed by atoms with Crippen molar-refractivity contribution in [1.29, 1.82) is 0 Å². The molecule has 0 aliphatic carbocycles. The molecule has 2 aromatic rings. The Labute approximate surface area is 159 Å². The van der Waals surface area contributed by atoms with Crippen molar-refractivity contribution in [2.24, 2.45) is 5.92 Å². The minimum absolute atomic E-state index is 0.0268. The van der Waals surface area contributed by atoms with Crippen LogP contribution in [-0.4, -0.2) is 18.4 Å². The van der Waals surface area contributed by atoms with Crippen LogP contribution in [0, 0.1) is 5.92 Å². The number of rotatable bonds is 3. The average Bonchev–Trinajstić information content (AvgIpc) is 2.98. The summed E-state index contributed by atoms with van der Waals surface area (Å²) in [7, 11) is 0. The van der Waals surface area contributed by atoms with Gasteiger partial charge in [0.1, 0.15) is 0 Å². The molecule has 136 valence electrons. The zero-order valence-corrected chi connectivity index (χ0v) is 16.0. The largest absolute Gasteiger partial charge is 0.324 e. The number of carbonyl (C=O) groups is 2. The van der Waals surface area contributed by atoms with E-state index < -0.39 is 5.92 Å². The molecule has 1 unspecified atom stereocenters. The number of carbonyl (C=O) groups excluding carboxylic acids is 2. The van der Waals surface area contributed by atoms with Gasteiger partial charge in [0.25, 0.3) is 0 Å². The summed E-state index contributed by atoms with van der Waals surface area (Å²) in [4.78, 5) is 27.0. The molecular formula is C21H23ClN2O2. The Morgan fingerprint density at radius 1 is 1.12 bits per heavy atom. The van der Waals surface area contributed by atoms with E-state index in [-0.39, 0.29) is 23.7 Å². The number of nitrogens with zero attached hydrogens (tertiary/aromatic N) is 1. The van der Waals surface area contributed by atoms with E-state index in [4.69, 9.17) is 11.6 Å². The Kier molecular flexibility index (Phi) is 5.05. The highest BCUT2D eigenvalue weighted by Gasteiger charge is 2.37. The first-order valence-electron chi connectivity index (χ1n) is 8.72. The number of halogens is 1. The first-order valence-corrected chi connectivity index (χ1v) is 9.10. The number of hydrogen-bond donors (Lipinski definition) is 1. The normalized spacial score (nSPS) is 17.5. The second kappa shape index (κ2) is 7.12. The molecule has 3 rings (SSSR count). The Balaban J connectivity index is 1.80. The van der Waals surface area contributed by atoms with Gasteiger partial charge in [-0.1, -0.05) is 62.7 Å². The van der Waals surface area contributed by atoms with Crippen LogP contribution in [0.2, 0.25) is 5.02 Å². The lowest BCUT2D eigenvalue weighted by atomic mass is 9.85. The number of benzene rings is 2. The Hall–Kier alpha value is -2.33. The molecule has 26 heavy (non-hydrogen) atoms. The first kappa shape index (κ1) is 18.5. The lowest BCUT2D eigenvalue weighted by molar-refractivity contribution is -0.122.